The molecule has 0 radical (unpaired) electrons. The summed E-state index contributed by atoms with van der Waals surface area (Å²) in [5, 5.41) is 14.3. The van der Waals surface area contributed by atoms with Gasteiger partial charge in [0, 0.05) is 5.56 Å². The minimum absolute atomic E-state index is 0.209. The second kappa shape index (κ2) is 6.44. The summed E-state index contributed by atoms with van der Waals surface area (Å²) in [5.41, 5.74) is 0.737. The number of hydrogen-bond acceptors (Lipinski definition) is 5. The highest BCUT2D eigenvalue weighted by Crippen LogP contribution is 2.33. The first kappa shape index (κ1) is 15.8. The largest absolute Gasteiger partial charge is 0.493 e. The van der Waals surface area contributed by atoms with E-state index >= 15 is 0 Å². The van der Waals surface area contributed by atoms with Crippen molar-refractivity contribution < 1.29 is 24.2 Å². The summed E-state index contributed by atoms with van der Waals surface area (Å²) in [4.78, 5) is 22.7. The summed E-state index contributed by atoms with van der Waals surface area (Å²) < 4.78 is 10.6. The topological polar surface area (TPSA) is 96.9 Å². The van der Waals surface area contributed by atoms with Crippen molar-refractivity contribution >= 4 is 35.3 Å². The first-order chi connectivity index (χ1) is 10.4. The van der Waals surface area contributed by atoms with Crippen LogP contribution in [0.2, 0.25) is 0 Å². The fraction of sp³-hybridized carbons (Fsp3) is 0.214. The molecular weight excluding hydrogens is 308 g/mol. The van der Waals surface area contributed by atoms with E-state index in [1.807, 2.05) is 0 Å². The number of hydrogen-bond donors (Lipinski definition) is 3. The smallest absolute Gasteiger partial charge is 0.344 e. The number of aliphatic carboxylic acids is 1. The number of rotatable bonds is 5. The van der Waals surface area contributed by atoms with E-state index in [0.717, 1.165) is 0 Å². The number of nitrogens with one attached hydrogen (secondary N) is 2. The maximum atomic E-state index is 11.7. The molecule has 7 nitrogen and oxygen atoms in total. The summed E-state index contributed by atoms with van der Waals surface area (Å²) in [5.74, 6) is -0.879. The van der Waals surface area contributed by atoms with Crippen LogP contribution in [0.3, 0.4) is 0 Å². The highest BCUT2D eigenvalue weighted by molar-refractivity contribution is 7.80. The van der Waals surface area contributed by atoms with Crippen LogP contribution >= 0.6 is 12.2 Å². The quantitative estimate of drug-likeness (QED) is 0.547. The zero-order valence-corrected chi connectivity index (χ0v) is 12.7. The Bertz CT molecular complexity index is 671. The lowest BCUT2D eigenvalue weighted by molar-refractivity contribution is -0.144. The average molecular weight is 322 g/mol. The molecule has 1 atom stereocenters. The van der Waals surface area contributed by atoms with E-state index in [0.29, 0.717) is 11.3 Å². The molecule has 1 fully saturated rings. The number of methoxy groups -OCH3 is 1. The first-order valence-corrected chi connectivity index (χ1v) is 6.73. The van der Waals surface area contributed by atoms with Crippen LogP contribution in [0.4, 0.5) is 0 Å². The number of benzene rings is 1. The number of ether oxygens (including phenoxy) is 2. The Balaban J connectivity index is 2.43. The normalized spacial score (nSPS) is 16.9. The molecule has 1 amide bonds. The number of para-hydroxylation sites is 1. The lowest BCUT2D eigenvalue weighted by Crippen LogP contribution is -2.23. The molecule has 1 aliphatic rings. The van der Waals surface area contributed by atoms with Gasteiger partial charge in [-0.2, -0.15) is 0 Å². The van der Waals surface area contributed by atoms with Gasteiger partial charge in [-0.3, -0.25) is 10.1 Å². The van der Waals surface area contributed by atoms with Gasteiger partial charge in [-0.1, -0.05) is 12.1 Å². The Morgan fingerprint density at radius 3 is 2.68 bits per heavy atom. The van der Waals surface area contributed by atoms with Crippen molar-refractivity contribution in [3.63, 3.8) is 0 Å². The van der Waals surface area contributed by atoms with E-state index in [-0.39, 0.29) is 22.5 Å². The van der Waals surface area contributed by atoms with Gasteiger partial charge in [0.1, 0.15) is 5.70 Å². The molecule has 0 bridgehead atoms. The molecule has 2 rings (SSSR count). The van der Waals surface area contributed by atoms with E-state index in [1.165, 1.54) is 20.1 Å². The van der Waals surface area contributed by atoms with Crippen LogP contribution in [-0.4, -0.2) is 35.3 Å². The van der Waals surface area contributed by atoms with Crippen molar-refractivity contribution in [2.75, 3.05) is 7.11 Å². The Hall–Kier alpha value is -2.61. The van der Waals surface area contributed by atoms with Crippen LogP contribution in [0.15, 0.2) is 23.9 Å². The number of thiocarbonyl (C=S) groups is 1. The summed E-state index contributed by atoms with van der Waals surface area (Å²) in [6.07, 6.45) is 0.445. The predicted octanol–water partition coefficient (Wildman–Crippen LogP) is 0.892. The van der Waals surface area contributed by atoms with Gasteiger partial charge >= 0.3 is 5.97 Å². The minimum atomic E-state index is -1.11. The molecule has 1 aromatic carbocycles. The Kier molecular flexibility index (Phi) is 4.62. The second-order valence-corrected chi connectivity index (χ2v) is 4.85. The van der Waals surface area contributed by atoms with Gasteiger partial charge < -0.3 is 19.9 Å². The van der Waals surface area contributed by atoms with Gasteiger partial charge in [-0.05, 0) is 31.3 Å². The van der Waals surface area contributed by atoms with Gasteiger partial charge in [-0.25, -0.2) is 4.79 Å². The van der Waals surface area contributed by atoms with Crippen molar-refractivity contribution in [2.24, 2.45) is 0 Å². The van der Waals surface area contributed by atoms with E-state index in [9.17, 15) is 9.59 Å². The molecular formula is C14H14N2O5S. The zero-order chi connectivity index (χ0) is 16.3. The summed E-state index contributed by atoms with van der Waals surface area (Å²) in [7, 11) is 1.44. The van der Waals surface area contributed by atoms with Gasteiger partial charge in [0.15, 0.2) is 22.7 Å². The van der Waals surface area contributed by atoms with Gasteiger partial charge in [-0.15, -0.1) is 0 Å². The van der Waals surface area contributed by atoms with Gasteiger partial charge in [0.2, 0.25) is 0 Å². The van der Waals surface area contributed by atoms with Crippen molar-refractivity contribution in [2.45, 2.75) is 13.0 Å². The Morgan fingerprint density at radius 1 is 1.41 bits per heavy atom. The minimum Gasteiger partial charge on any atom is -0.493 e. The van der Waals surface area contributed by atoms with Crippen LogP contribution in [0.25, 0.3) is 6.08 Å². The Morgan fingerprint density at radius 2 is 2.14 bits per heavy atom. The van der Waals surface area contributed by atoms with E-state index in [4.69, 9.17) is 26.8 Å². The van der Waals surface area contributed by atoms with Gasteiger partial charge in [0.05, 0.1) is 7.11 Å². The lowest BCUT2D eigenvalue weighted by Gasteiger charge is -2.16. The van der Waals surface area contributed by atoms with Crippen LogP contribution in [0.5, 0.6) is 11.5 Å². The van der Waals surface area contributed by atoms with E-state index < -0.39 is 12.1 Å². The van der Waals surface area contributed by atoms with Crippen molar-refractivity contribution in [1.29, 1.82) is 0 Å². The first-order valence-electron chi connectivity index (χ1n) is 6.33. The molecule has 116 valence electrons. The van der Waals surface area contributed by atoms with Crippen LogP contribution in [-0.2, 0) is 9.59 Å². The zero-order valence-electron chi connectivity index (χ0n) is 11.9. The standard InChI is InChI=1S/C14H14N2O5S/c1-7(13(18)19)21-11-8(4-3-5-10(11)20-2)6-9-12(17)16-14(22)15-9/h3-7H,1-2H3,(H,18,19)(H2,15,16,17,22)/b9-6+/t7-/m1/s1. The molecule has 22 heavy (non-hydrogen) atoms. The average Bonchev–Trinajstić information content (AvgIpc) is 2.78. The van der Waals surface area contributed by atoms with Gasteiger partial charge in [0.25, 0.3) is 5.91 Å². The number of carbonyl (C=O) groups is 2. The maximum absolute atomic E-state index is 11.7. The van der Waals surface area contributed by atoms with Crippen molar-refractivity contribution in [1.82, 2.24) is 10.6 Å². The molecule has 0 saturated carbocycles. The summed E-state index contributed by atoms with van der Waals surface area (Å²) in [6, 6.07) is 5.02. The third-order valence-electron chi connectivity index (χ3n) is 2.89. The third-order valence-corrected chi connectivity index (χ3v) is 3.10. The maximum Gasteiger partial charge on any atom is 0.344 e. The fourth-order valence-electron chi connectivity index (χ4n) is 1.80. The molecule has 0 aromatic heterocycles. The monoisotopic (exact) mass is 322 g/mol. The Labute approximate surface area is 131 Å². The molecule has 0 aliphatic carbocycles. The van der Waals surface area contributed by atoms with E-state index in [1.54, 1.807) is 18.2 Å². The highest BCUT2D eigenvalue weighted by atomic mass is 32.1. The summed E-state index contributed by atoms with van der Waals surface area (Å²) in [6.45, 7) is 1.40. The molecule has 1 aromatic rings. The molecule has 1 aliphatic heterocycles. The highest BCUT2D eigenvalue weighted by Gasteiger charge is 2.22. The fourth-order valence-corrected chi connectivity index (χ4v) is 2.00. The number of carboxylic acids is 1. The summed E-state index contributed by atoms with van der Waals surface area (Å²) >= 11 is 4.86. The van der Waals surface area contributed by atoms with Crippen LogP contribution in [0, 0.1) is 0 Å². The number of carboxylic acid groups (broad SMARTS) is 1. The van der Waals surface area contributed by atoms with Crippen molar-refractivity contribution in [3.8, 4) is 11.5 Å². The second-order valence-electron chi connectivity index (χ2n) is 4.44. The molecule has 8 heteroatoms. The predicted molar refractivity (Wildman–Crippen MR) is 82.6 cm³/mol. The van der Waals surface area contributed by atoms with Crippen LogP contribution in [0.1, 0.15) is 12.5 Å². The lowest BCUT2D eigenvalue weighted by atomic mass is 10.1. The molecule has 1 saturated heterocycles. The molecule has 1 heterocycles. The van der Waals surface area contributed by atoms with Crippen LogP contribution < -0.4 is 20.1 Å². The number of carbonyl (C=O) groups excluding carboxylic acids is 1. The molecule has 0 spiro atoms. The SMILES string of the molecule is COc1cccc(/C=C2/NC(=S)NC2=O)c1O[C@H](C)C(=O)O. The number of amides is 1. The van der Waals surface area contributed by atoms with E-state index in [2.05, 4.69) is 10.6 Å². The third kappa shape index (κ3) is 3.34. The molecule has 0 unspecified atom stereocenters. The molecule has 3 N–H and O–H groups in total. The van der Waals surface area contributed by atoms with Crippen molar-refractivity contribution in [3.05, 3.63) is 29.5 Å².